The van der Waals surface area contributed by atoms with Crippen molar-refractivity contribution >= 4 is 17.3 Å². The first-order chi connectivity index (χ1) is 18.5. The van der Waals surface area contributed by atoms with Crippen molar-refractivity contribution in [2.24, 2.45) is 5.92 Å². The van der Waals surface area contributed by atoms with Gasteiger partial charge in [-0.25, -0.2) is 4.98 Å². The number of nitrogens with zero attached hydrogens (tertiary/aromatic N) is 2. The van der Waals surface area contributed by atoms with Gasteiger partial charge in [-0.05, 0) is 81.0 Å². The molecule has 2 heterocycles. The van der Waals surface area contributed by atoms with Crippen molar-refractivity contribution in [3.8, 4) is 26.8 Å². The number of piperidine rings is 1. The Morgan fingerprint density at radius 3 is 2.64 bits per heavy atom. The van der Waals surface area contributed by atoms with Crippen molar-refractivity contribution in [2.45, 2.75) is 78.2 Å². The molecule has 1 aliphatic rings. The van der Waals surface area contributed by atoms with Crippen molar-refractivity contribution in [1.29, 1.82) is 0 Å². The lowest BCUT2D eigenvalue weighted by Crippen LogP contribution is -2.43. The predicted octanol–water partition coefficient (Wildman–Crippen LogP) is 7.92. The van der Waals surface area contributed by atoms with E-state index in [4.69, 9.17) is 4.74 Å². The van der Waals surface area contributed by atoms with Crippen LogP contribution in [0.2, 0.25) is 0 Å². The minimum Gasteiger partial charge on any atom is -0.490 e. The minimum atomic E-state index is -4.54. The fraction of sp³-hybridized carbons (Fsp3) is 0.467. The molecule has 1 saturated heterocycles. The molecular weight excluding hydrogens is 525 g/mol. The number of hydrogen-bond donors (Lipinski definition) is 1. The molecule has 5 nitrogen and oxygen atoms in total. The smallest absolute Gasteiger partial charge is 0.419 e. The second-order valence-electron chi connectivity index (χ2n) is 10.3. The Hall–Kier alpha value is -2.91. The molecule has 0 radical (unpaired) electrons. The molecule has 0 saturated carbocycles. The number of likely N-dealkylation sites (tertiary alicyclic amines) is 1. The number of aliphatic carboxylic acids is 1. The number of alkyl halides is 3. The molecule has 0 spiro atoms. The predicted molar refractivity (Wildman–Crippen MR) is 148 cm³/mol. The number of benzene rings is 2. The number of halogens is 3. The van der Waals surface area contributed by atoms with Crippen LogP contribution in [0.3, 0.4) is 0 Å². The Morgan fingerprint density at radius 1 is 1.23 bits per heavy atom. The number of carbonyl (C=O) groups is 1. The van der Waals surface area contributed by atoms with E-state index >= 15 is 0 Å². The Kier molecular flexibility index (Phi) is 9.01. The lowest BCUT2D eigenvalue weighted by atomic mass is 9.88. The van der Waals surface area contributed by atoms with E-state index in [1.165, 1.54) is 28.5 Å². The van der Waals surface area contributed by atoms with Crippen LogP contribution in [0.1, 0.15) is 63.6 Å². The summed E-state index contributed by atoms with van der Waals surface area (Å²) in [6.45, 7) is 9.07. The number of carboxylic acid groups (broad SMARTS) is 1. The molecule has 1 aliphatic heterocycles. The molecule has 3 aromatic rings. The Morgan fingerprint density at radius 2 is 2.00 bits per heavy atom. The highest BCUT2D eigenvalue weighted by atomic mass is 32.1. The molecule has 0 aliphatic carbocycles. The van der Waals surface area contributed by atoms with Crippen molar-refractivity contribution in [2.75, 3.05) is 6.54 Å². The average Bonchev–Trinajstić information content (AvgIpc) is 3.38. The highest BCUT2D eigenvalue weighted by Crippen LogP contribution is 2.41. The van der Waals surface area contributed by atoms with Gasteiger partial charge in [0.25, 0.3) is 0 Å². The number of hydrogen-bond acceptors (Lipinski definition) is 5. The van der Waals surface area contributed by atoms with Crippen LogP contribution >= 0.6 is 11.3 Å². The summed E-state index contributed by atoms with van der Waals surface area (Å²) in [5.74, 6) is -1.19. The maximum atomic E-state index is 13.8. The zero-order valence-corrected chi connectivity index (χ0v) is 23.5. The van der Waals surface area contributed by atoms with Crippen molar-refractivity contribution in [3.63, 3.8) is 0 Å². The molecule has 2 atom stereocenters. The van der Waals surface area contributed by atoms with Crippen molar-refractivity contribution in [3.05, 3.63) is 59.3 Å². The summed E-state index contributed by atoms with van der Waals surface area (Å²) in [6.07, 6.45) is -0.196. The van der Waals surface area contributed by atoms with Gasteiger partial charge in [-0.3, -0.25) is 9.69 Å². The summed E-state index contributed by atoms with van der Waals surface area (Å²) in [5.41, 5.74) is 2.99. The number of aromatic nitrogens is 1. The van der Waals surface area contributed by atoms with Gasteiger partial charge in [0, 0.05) is 24.3 Å². The van der Waals surface area contributed by atoms with Crippen molar-refractivity contribution < 1.29 is 27.8 Å². The van der Waals surface area contributed by atoms with Gasteiger partial charge >= 0.3 is 12.1 Å². The average molecular weight is 561 g/mol. The molecule has 39 heavy (non-hydrogen) atoms. The molecule has 1 fully saturated rings. The second-order valence-corrected chi connectivity index (χ2v) is 11.3. The van der Waals surface area contributed by atoms with Crippen molar-refractivity contribution in [1.82, 2.24) is 9.88 Å². The Labute approximate surface area is 231 Å². The first kappa shape index (κ1) is 29.1. The van der Waals surface area contributed by atoms with E-state index in [0.717, 1.165) is 42.4 Å². The summed E-state index contributed by atoms with van der Waals surface area (Å²) in [4.78, 5) is 19.3. The van der Waals surface area contributed by atoms with E-state index in [-0.39, 0.29) is 23.8 Å². The molecular formula is C30H35F3N2O3S. The van der Waals surface area contributed by atoms with Crippen LogP contribution in [-0.4, -0.2) is 39.7 Å². The largest absolute Gasteiger partial charge is 0.490 e. The van der Waals surface area contributed by atoms with E-state index < -0.39 is 17.7 Å². The second kappa shape index (κ2) is 12.1. The third kappa shape index (κ3) is 6.64. The molecule has 210 valence electrons. The highest BCUT2D eigenvalue weighted by molar-refractivity contribution is 7.18. The highest BCUT2D eigenvalue weighted by Gasteiger charge is 2.35. The molecule has 2 aromatic carbocycles. The van der Waals surface area contributed by atoms with Crippen LogP contribution in [0.15, 0.2) is 42.6 Å². The van der Waals surface area contributed by atoms with E-state index in [1.54, 1.807) is 26.1 Å². The lowest BCUT2D eigenvalue weighted by molar-refractivity contribution is -0.144. The number of rotatable bonds is 9. The fourth-order valence-electron chi connectivity index (χ4n) is 5.38. The third-order valence-electron chi connectivity index (χ3n) is 7.32. The molecule has 1 N–H and O–H groups in total. The minimum absolute atomic E-state index is 0.184. The molecule has 4 rings (SSSR count). The van der Waals surface area contributed by atoms with E-state index in [1.807, 2.05) is 12.1 Å². The van der Waals surface area contributed by atoms with Gasteiger partial charge < -0.3 is 9.84 Å². The Balaban J connectivity index is 1.62. The van der Waals surface area contributed by atoms with Gasteiger partial charge in [0.15, 0.2) is 0 Å². The summed E-state index contributed by atoms with van der Waals surface area (Å²) in [5, 5.41) is 9.99. The lowest BCUT2D eigenvalue weighted by Gasteiger charge is -2.38. The maximum Gasteiger partial charge on any atom is 0.419 e. The normalized spacial score (nSPS) is 18.5. The molecule has 0 bridgehead atoms. The van der Waals surface area contributed by atoms with E-state index in [2.05, 4.69) is 29.8 Å². The molecule has 1 aromatic heterocycles. The maximum absolute atomic E-state index is 13.8. The topological polar surface area (TPSA) is 62.7 Å². The number of thiazole rings is 1. The molecule has 9 heteroatoms. The first-order valence-electron chi connectivity index (χ1n) is 13.4. The van der Waals surface area contributed by atoms with E-state index in [0.29, 0.717) is 23.4 Å². The number of carboxylic acids is 1. The van der Waals surface area contributed by atoms with Gasteiger partial charge in [-0.1, -0.05) is 32.0 Å². The first-order valence-corrected chi connectivity index (χ1v) is 14.3. The summed E-state index contributed by atoms with van der Waals surface area (Å²) in [7, 11) is 0. The SMILES string of the molecule is CCc1c(CN2CCC(C(=O)O)CC2CC)cccc1-c1cnc(-c2ccc(OC(C)C)c(C(F)(F)F)c2)s1. The zero-order valence-electron chi connectivity index (χ0n) is 22.7. The van der Waals surface area contributed by atoms with Crippen LogP contribution in [-0.2, 0) is 23.9 Å². The summed E-state index contributed by atoms with van der Waals surface area (Å²) in [6, 6.07) is 10.5. The monoisotopic (exact) mass is 560 g/mol. The van der Waals surface area contributed by atoms with Gasteiger partial charge in [0.05, 0.1) is 22.5 Å². The van der Waals surface area contributed by atoms with Crippen LogP contribution in [0.4, 0.5) is 13.2 Å². The summed E-state index contributed by atoms with van der Waals surface area (Å²) < 4.78 is 46.8. The quantitative estimate of drug-likeness (QED) is 0.288. The van der Waals surface area contributed by atoms with Gasteiger partial charge in [0.2, 0.25) is 0 Å². The number of ether oxygens (including phenoxy) is 1. The van der Waals surface area contributed by atoms with Crippen LogP contribution in [0, 0.1) is 5.92 Å². The molecule has 2 unspecified atom stereocenters. The van der Waals surface area contributed by atoms with Crippen LogP contribution < -0.4 is 4.74 Å². The fourth-order valence-corrected chi connectivity index (χ4v) is 6.35. The van der Waals surface area contributed by atoms with Gasteiger partial charge in [-0.15, -0.1) is 11.3 Å². The van der Waals surface area contributed by atoms with Crippen LogP contribution in [0.5, 0.6) is 5.75 Å². The van der Waals surface area contributed by atoms with Crippen LogP contribution in [0.25, 0.3) is 21.0 Å². The standard InChI is InChI=1S/C30H35F3N2O3S/c1-5-22-14-20(29(36)37)12-13-35(22)17-21-8-7-9-24(23(21)6-2)27-16-34-28(39-27)19-10-11-26(38-18(3)4)25(15-19)30(31,32)33/h7-11,15-16,18,20,22H,5-6,12-14,17H2,1-4H3,(H,36,37). The summed E-state index contributed by atoms with van der Waals surface area (Å²) >= 11 is 1.37. The van der Waals surface area contributed by atoms with E-state index in [9.17, 15) is 23.1 Å². The molecule has 0 amide bonds. The third-order valence-corrected chi connectivity index (χ3v) is 8.40. The Bertz CT molecular complexity index is 1300. The van der Waals surface area contributed by atoms with Gasteiger partial charge in [0.1, 0.15) is 10.8 Å². The zero-order chi connectivity index (χ0) is 28.3. The van der Waals surface area contributed by atoms with Gasteiger partial charge in [-0.2, -0.15) is 13.2 Å².